The summed E-state index contributed by atoms with van der Waals surface area (Å²) in [5.41, 5.74) is 2.17. The highest BCUT2D eigenvalue weighted by Crippen LogP contribution is 2.19. The minimum atomic E-state index is -0.532. The monoisotopic (exact) mass is 373 g/mol. The molecule has 6 heteroatoms. The van der Waals surface area contributed by atoms with Crippen LogP contribution in [0.5, 0.6) is 0 Å². The van der Waals surface area contributed by atoms with E-state index in [4.69, 9.17) is 9.47 Å². The summed E-state index contributed by atoms with van der Waals surface area (Å²) in [6.07, 6.45) is 2.62. The number of aliphatic hydroxyl groups is 1. The zero-order valence-electron chi connectivity index (χ0n) is 16.1. The minimum absolute atomic E-state index is 0.101. The lowest BCUT2D eigenvalue weighted by Gasteiger charge is -2.19. The Morgan fingerprint density at radius 1 is 1.11 bits per heavy atom. The molecule has 6 nitrogen and oxygen atoms in total. The van der Waals surface area contributed by atoms with Crippen molar-refractivity contribution in [3.63, 3.8) is 0 Å². The van der Waals surface area contributed by atoms with Crippen molar-refractivity contribution in [2.75, 3.05) is 6.61 Å². The number of aliphatic hydroxyl groups excluding tert-OH is 1. The van der Waals surface area contributed by atoms with Crippen LogP contribution >= 0.6 is 0 Å². The molecule has 2 aromatic rings. The second-order valence-electron chi connectivity index (χ2n) is 7.29. The molecule has 2 rings (SSSR count). The van der Waals surface area contributed by atoms with Gasteiger partial charge in [-0.3, -0.25) is 4.79 Å². The second kappa shape index (κ2) is 9.37. The van der Waals surface area contributed by atoms with Gasteiger partial charge in [0.2, 0.25) is 0 Å². The number of ether oxygens (including phenoxy) is 2. The molecule has 0 radical (unpaired) electrons. The molecular formula is C21H27NO5. The van der Waals surface area contributed by atoms with Crippen molar-refractivity contribution in [2.45, 2.75) is 52.2 Å². The highest BCUT2D eigenvalue weighted by molar-refractivity contribution is 5.89. The number of nitrogens with one attached hydrogen (secondary N) is 1. The number of hydrogen-bond acceptors (Lipinski definition) is 5. The molecule has 0 amide bonds. The summed E-state index contributed by atoms with van der Waals surface area (Å²) in [5.74, 6) is -0.780. The van der Waals surface area contributed by atoms with Gasteiger partial charge in [-0.25, -0.2) is 4.79 Å². The first-order chi connectivity index (χ1) is 12.8. The number of rotatable bonds is 8. The zero-order valence-corrected chi connectivity index (χ0v) is 16.1. The fourth-order valence-electron chi connectivity index (χ4n) is 2.72. The molecular weight excluding hydrogens is 346 g/mol. The summed E-state index contributed by atoms with van der Waals surface area (Å²) in [4.78, 5) is 27.3. The van der Waals surface area contributed by atoms with Crippen LogP contribution in [0.3, 0.4) is 0 Å². The van der Waals surface area contributed by atoms with Crippen LogP contribution in [0, 0.1) is 0 Å². The third-order valence-electron chi connectivity index (χ3n) is 3.88. The van der Waals surface area contributed by atoms with E-state index in [2.05, 4.69) is 4.98 Å². The molecule has 0 saturated carbocycles. The summed E-state index contributed by atoms with van der Waals surface area (Å²) in [6.45, 7) is 5.53. The van der Waals surface area contributed by atoms with E-state index in [1.54, 1.807) is 6.20 Å². The van der Waals surface area contributed by atoms with Crippen LogP contribution in [0.4, 0.5) is 0 Å². The first kappa shape index (κ1) is 20.7. The lowest BCUT2D eigenvalue weighted by molar-refractivity contribution is -0.154. The molecule has 1 aromatic heterocycles. The van der Waals surface area contributed by atoms with Gasteiger partial charge in [-0.05, 0) is 50.3 Å². The average Bonchev–Trinajstić information content (AvgIpc) is 3.00. The van der Waals surface area contributed by atoms with Crippen LogP contribution in [0.2, 0.25) is 0 Å². The van der Waals surface area contributed by atoms with E-state index in [0.717, 1.165) is 11.1 Å². The van der Waals surface area contributed by atoms with Crippen LogP contribution in [-0.4, -0.2) is 34.2 Å². The van der Waals surface area contributed by atoms with E-state index in [-0.39, 0.29) is 25.6 Å². The molecule has 0 atom stereocenters. The van der Waals surface area contributed by atoms with Crippen LogP contribution in [-0.2, 0) is 33.7 Å². The van der Waals surface area contributed by atoms with Gasteiger partial charge < -0.3 is 19.6 Å². The third kappa shape index (κ3) is 6.57. The van der Waals surface area contributed by atoms with Crippen molar-refractivity contribution in [1.29, 1.82) is 0 Å². The van der Waals surface area contributed by atoms with E-state index in [9.17, 15) is 14.7 Å². The van der Waals surface area contributed by atoms with Crippen molar-refractivity contribution in [2.24, 2.45) is 0 Å². The van der Waals surface area contributed by atoms with E-state index >= 15 is 0 Å². The highest BCUT2D eigenvalue weighted by Gasteiger charge is 2.21. The van der Waals surface area contributed by atoms with Gasteiger partial charge in [0, 0.05) is 19.2 Å². The van der Waals surface area contributed by atoms with Crippen molar-refractivity contribution in [1.82, 2.24) is 4.98 Å². The van der Waals surface area contributed by atoms with Gasteiger partial charge in [0.15, 0.2) is 0 Å². The molecule has 27 heavy (non-hydrogen) atoms. The Morgan fingerprint density at radius 3 is 2.44 bits per heavy atom. The molecule has 1 heterocycles. The Balaban J connectivity index is 2.02. The predicted molar refractivity (Wildman–Crippen MR) is 101 cm³/mol. The summed E-state index contributed by atoms with van der Waals surface area (Å²) in [6, 6.07) is 9.41. The molecule has 0 spiro atoms. The average molecular weight is 373 g/mol. The second-order valence-corrected chi connectivity index (χ2v) is 7.29. The molecule has 0 aliphatic rings. The topological polar surface area (TPSA) is 88.6 Å². The van der Waals surface area contributed by atoms with Gasteiger partial charge in [0.1, 0.15) is 17.9 Å². The number of aromatic nitrogens is 1. The fraction of sp³-hybridized carbons (Fsp3) is 0.429. The number of H-pyrrole nitrogens is 1. The number of carbonyl (C=O) groups excluding carboxylic acids is 2. The van der Waals surface area contributed by atoms with Crippen molar-refractivity contribution < 1.29 is 24.2 Å². The smallest absolute Gasteiger partial charge is 0.355 e. The number of aromatic amines is 1. The molecule has 0 unspecified atom stereocenters. The van der Waals surface area contributed by atoms with Gasteiger partial charge in [-0.1, -0.05) is 30.3 Å². The van der Waals surface area contributed by atoms with Crippen LogP contribution in [0.15, 0.2) is 36.5 Å². The van der Waals surface area contributed by atoms with Crippen molar-refractivity contribution in [3.8, 4) is 0 Å². The maximum atomic E-state index is 12.4. The first-order valence-corrected chi connectivity index (χ1v) is 9.03. The Kier molecular flexibility index (Phi) is 7.19. The molecule has 0 bridgehead atoms. The Labute approximate surface area is 159 Å². The Bertz CT molecular complexity index is 759. The number of aryl methyl sites for hydroxylation is 1. The van der Waals surface area contributed by atoms with Gasteiger partial charge in [0.25, 0.3) is 0 Å². The van der Waals surface area contributed by atoms with E-state index in [0.29, 0.717) is 24.1 Å². The molecule has 2 N–H and O–H groups in total. The lowest BCUT2D eigenvalue weighted by atomic mass is 10.0. The highest BCUT2D eigenvalue weighted by atomic mass is 16.6. The van der Waals surface area contributed by atoms with Gasteiger partial charge in [0.05, 0.1) is 0 Å². The SMILES string of the molecule is CC(C)(C)OC(=O)CCc1c[nH]c(C(=O)OCc2ccccc2)c1CCO. The van der Waals surface area contributed by atoms with E-state index in [1.807, 2.05) is 51.1 Å². The van der Waals surface area contributed by atoms with Gasteiger partial charge >= 0.3 is 11.9 Å². The number of hydrogen-bond donors (Lipinski definition) is 2. The van der Waals surface area contributed by atoms with E-state index in [1.165, 1.54) is 0 Å². The van der Waals surface area contributed by atoms with Crippen LogP contribution < -0.4 is 0 Å². The molecule has 146 valence electrons. The zero-order chi connectivity index (χ0) is 19.9. The summed E-state index contributed by atoms with van der Waals surface area (Å²) in [7, 11) is 0. The maximum Gasteiger partial charge on any atom is 0.355 e. The van der Waals surface area contributed by atoms with Crippen molar-refractivity contribution >= 4 is 11.9 Å². The number of carbonyl (C=O) groups is 2. The third-order valence-corrected chi connectivity index (χ3v) is 3.88. The van der Waals surface area contributed by atoms with Gasteiger partial charge in [-0.15, -0.1) is 0 Å². The maximum absolute atomic E-state index is 12.4. The van der Waals surface area contributed by atoms with Crippen LogP contribution in [0.25, 0.3) is 0 Å². The quantitative estimate of drug-likeness (QED) is 0.694. The van der Waals surface area contributed by atoms with E-state index < -0.39 is 11.6 Å². The normalized spacial score (nSPS) is 11.3. The standard InChI is InChI=1S/C21H27NO5/c1-21(2,3)27-18(24)10-9-16-13-22-19(17(16)11-12-23)20(25)26-14-15-7-5-4-6-8-15/h4-8,13,22-23H,9-12,14H2,1-3H3. The summed E-state index contributed by atoms with van der Waals surface area (Å²) >= 11 is 0. The molecule has 0 saturated heterocycles. The van der Waals surface area contributed by atoms with Gasteiger partial charge in [-0.2, -0.15) is 0 Å². The Morgan fingerprint density at radius 2 is 1.81 bits per heavy atom. The number of esters is 2. The molecule has 1 aromatic carbocycles. The number of benzene rings is 1. The molecule has 0 aliphatic carbocycles. The lowest BCUT2D eigenvalue weighted by Crippen LogP contribution is -2.24. The van der Waals surface area contributed by atoms with Crippen LogP contribution in [0.1, 0.15) is 54.4 Å². The molecule has 0 aliphatic heterocycles. The first-order valence-electron chi connectivity index (χ1n) is 9.03. The minimum Gasteiger partial charge on any atom is -0.460 e. The summed E-state index contributed by atoms with van der Waals surface area (Å²) < 4.78 is 10.7. The predicted octanol–water partition coefficient (Wildman–Crippen LogP) is 3.18. The van der Waals surface area contributed by atoms with Crippen molar-refractivity contribution in [3.05, 3.63) is 58.9 Å². The summed E-state index contributed by atoms with van der Waals surface area (Å²) in [5, 5.41) is 9.35. The largest absolute Gasteiger partial charge is 0.460 e. The Hall–Kier alpha value is -2.60. The fourth-order valence-corrected chi connectivity index (χ4v) is 2.72. The molecule has 0 fully saturated rings.